The maximum atomic E-state index is 8.96. The van der Waals surface area contributed by atoms with Crippen LogP contribution in [0.25, 0.3) is 0 Å². The van der Waals surface area contributed by atoms with Crippen LogP contribution >= 0.6 is 0 Å². The van der Waals surface area contributed by atoms with E-state index >= 15 is 0 Å². The molecule has 0 N–H and O–H groups in total. The summed E-state index contributed by atoms with van der Waals surface area (Å²) >= 11 is 0. The van der Waals surface area contributed by atoms with Crippen molar-refractivity contribution in [2.24, 2.45) is 0 Å². The van der Waals surface area contributed by atoms with E-state index in [0.29, 0.717) is 13.2 Å². The number of fused-ring (bicyclic) bond motifs is 2. The number of likely N-dealkylation sites (tertiary alicyclic amines) is 1. The third-order valence-electron chi connectivity index (χ3n) is 5.53. The van der Waals surface area contributed by atoms with E-state index in [4.69, 9.17) is 10.00 Å². The van der Waals surface area contributed by atoms with Gasteiger partial charge in [-0.2, -0.15) is 5.26 Å². The molecule has 134 valence electrons. The minimum atomic E-state index is -0.230. The zero-order chi connectivity index (χ0) is 17.8. The molecule has 1 saturated heterocycles. The second-order valence-corrected chi connectivity index (χ2v) is 7.08. The maximum Gasteiger partial charge on any atom is 0.0976 e. The fraction of sp³-hybridized carbons (Fsp3) is 0.429. The highest BCUT2D eigenvalue weighted by atomic mass is 16.5. The SMILES string of the molecule is N#CCN1CCC2(CC1)OCCN(Cc1cccnc1)c1ccccc12. The molecule has 4 rings (SSSR count). The minimum Gasteiger partial charge on any atom is -0.368 e. The lowest BCUT2D eigenvalue weighted by atomic mass is 9.83. The van der Waals surface area contributed by atoms with Gasteiger partial charge in [0.05, 0.1) is 24.8 Å². The number of hydrogen-bond donors (Lipinski definition) is 0. The highest BCUT2D eigenvalue weighted by Crippen LogP contribution is 2.43. The molecule has 0 radical (unpaired) electrons. The Kier molecular flexibility index (Phi) is 4.87. The van der Waals surface area contributed by atoms with Crippen molar-refractivity contribution >= 4 is 5.69 Å². The van der Waals surface area contributed by atoms with E-state index in [9.17, 15) is 0 Å². The van der Waals surface area contributed by atoms with Crippen LogP contribution < -0.4 is 4.90 Å². The normalized spacial score (nSPS) is 19.6. The number of para-hydroxylation sites is 1. The molecule has 26 heavy (non-hydrogen) atoms. The monoisotopic (exact) mass is 348 g/mol. The topological polar surface area (TPSA) is 52.4 Å². The van der Waals surface area contributed by atoms with Crippen LogP contribution in [0.4, 0.5) is 5.69 Å². The zero-order valence-electron chi connectivity index (χ0n) is 15.0. The molecule has 5 heteroatoms. The number of ether oxygens (including phenoxy) is 1. The van der Waals surface area contributed by atoms with Crippen LogP contribution in [0.5, 0.6) is 0 Å². The van der Waals surface area contributed by atoms with Crippen molar-refractivity contribution in [1.29, 1.82) is 5.26 Å². The Bertz CT molecular complexity index is 778. The number of anilines is 1. The van der Waals surface area contributed by atoms with Crippen molar-refractivity contribution in [3.63, 3.8) is 0 Å². The van der Waals surface area contributed by atoms with Crippen LogP contribution in [0.3, 0.4) is 0 Å². The summed E-state index contributed by atoms with van der Waals surface area (Å²) in [6.07, 6.45) is 5.62. The molecular weight excluding hydrogens is 324 g/mol. The van der Waals surface area contributed by atoms with Crippen LogP contribution in [0.2, 0.25) is 0 Å². The van der Waals surface area contributed by atoms with Crippen LogP contribution in [-0.2, 0) is 16.9 Å². The number of aromatic nitrogens is 1. The maximum absolute atomic E-state index is 8.96. The van der Waals surface area contributed by atoms with Gasteiger partial charge in [0.25, 0.3) is 0 Å². The summed E-state index contributed by atoms with van der Waals surface area (Å²) < 4.78 is 6.49. The van der Waals surface area contributed by atoms with Crippen molar-refractivity contribution in [3.8, 4) is 6.07 Å². The summed E-state index contributed by atoms with van der Waals surface area (Å²) in [5.41, 5.74) is 3.54. The summed E-state index contributed by atoms with van der Waals surface area (Å²) in [4.78, 5) is 8.87. The molecule has 0 unspecified atom stereocenters. The zero-order valence-corrected chi connectivity index (χ0v) is 15.0. The number of piperidine rings is 1. The van der Waals surface area contributed by atoms with Gasteiger partial charge in [-0.15, -0.1) is 0 Å². The van der Waals surface area contributed by atoms with Gasteiger partial charge in [-0.3, -0.25) is 9.88 Å². The van der Waals surface area contributed by atoms with Gasteiger partial charge in [0.1, 0.15) is 0 Å². The van der Waals surface area contributed by atoms with Crippen LogP contribution in [0.1, 0.15) is 24.0 Å². The summed E-state index contributed by atoms with van der Waals surface area (Å²) in [6.45, 7) is 4.74. The van der Waals surface area contributed by atoms with Gasteiger partial charge in [-0.25, -0.2) is 0 Å². The van der Waals surface area contributed by atoms with Gasteiger partial charge in [-0.05, 0) is 30.5 Å². The second-order valence-electron chi connectivity index (χ2n) is 7.08. The van der Waals surface area contributed by atoms with E-state index in [1.54, 1.807) is 0 Å². The number of benzene rings is 1. The van der Waals surface area contributed by atoms with E-state index in [2.05, 4.69) is 51.2 Å². The molecule has 2 aliphatic rings. The van der Waals surface area contributed by atoms with Gasteiger partial charge in [0.15, 0.2) is 0 Å². The molecule has 0 aliphatic carbocycles. The fourth-order valence-electron chi connectivity index (χ4n) is 4.15. The minimum absolute atomic E-state index is 0.230. The predicted molar refractivity (Wildman–Crippen MR) is 101 cm³/mol. The molecule has 0 saturated carbocycles. The number of pyridine rings is 1. The van der Waals surface area contributed by atoms with Crippen LogP contribution in [0.15, 0.2) is 48.8 Å². The van der Waals surface area contributed by atoms with Gasteiger partial charge in [-0.1, -0.05) is 24.3 Å². The van der Waals surface area contributed by atoms with E-state index in [1.165, 1.54) is 16.8 Å². The molecule has 0 atom stereocenters. The van der Waals surface area contributed by atoms with E-state index in [1.807, 2.05) is 18.5 Å². The summed E-state index contributed by atoms with van der Waals surface area (Å²) in [7, 11) is 0. The molecule has 1 aromatic heterocycles. The summed E-state index contributed by atoms with van der Waals surface area (Å²) in [5.74, 6) is 0. The van der Waals surface area contributed by atoms with Crippen LogP contribution in [0, 0.1) is 11.3 Å². The number of nitriles is 1. The first kappa shape index (κ1) is 17.0. The van der Waals surface area contributed by atoms with Crippen molar-refractivity contribution in [3.05, 3.63) is 59.9 Å². The van der Waals surface area contributed by atoms with Crippen molar-refractivity contribution in [2.75, 3.05) is 37.7 Å². The molecule has 3 heterocycles. The molecule has 0 amide bonds. The molecule has 1 aromatic carbocycles. The Morgan fingerprint density at radius 1 is 1.12 bits per heavy atom. The van der Waals surface area contributed by atoms with E-state index in [0.717, 1.165) is 39.0 Å². The first-order valence-corrected chi connectivity index (χ1v) is 9.27. The van der Waals surface area contributed by atoms with Crippen molar-refractivity contribution in [2.45, 2.75) is 25.0 Å². The lowest BCUT2D eigenvalue weighted by molar-refractivity contribution is -0.0822. The molecule has 1 fully saturated rings. The first-order valence-electron chi connectivity index (χ1n) is 9.27. The Labute approximate surface area is 154 Å². The third kappa shape index (κ3) is 3.31. The lowest BCUT2D eigenvalue weighted by Gasteiger charge is -2.41. The largest absolute Gasteiger partial charge is 0.368 e. The lowest BCUT2D eigenvalue weighted by Crippen LogP contribution is -2.44. The molecule has 5 nitrogen and oxygen atoms in total. The highest BCUT2D eigenvalue weighted by molar-refractivity contribution is 5.57. The first-order chi connectivity index (χ1) is 12.8. The summed E-state index contributed by atoms with van der Waals surface area (Å²) in [5, 5.41) is 8.96. The predicted octanol–water partition coefficient (Wildman–Crippen LogP) is 2.93. The van der Waals surface area contributed by atoms with Crippen molar-refractivity contribution < 1.29 is 4.74 Å². The van der Waals surface area contributed by atoms with Gasteiger partial charge in [0, 0.05) is 49.8 Å². The number of rotatable bonds is 3. The average Bonchev–Trinajstić information content (AvgIpc) is 2.83. The second kappa shape index (κ2) is 7.45. The standard InChI is InChI=1S/C21H24N4O/c22-9-13-24-11-7-21(8-12-24)19-5-1-2-6-20(19)25(14-15-26-21)17-18-4-3-10-23-16-18/h1-6,10,16H,7-8,11-15,17H2. The fourth-order valence-corrected chi connectivity index (χ4v) is 4.15. The van der Waals surface area contributed by atoms with Gasteiger partial charge in [0.2, 0.25) is 0 Å². The average molecular weight is 348 g/mol. The van der Waals surface area contributed by atoms with Crippen LogP contribution in [-0.4, -0.2) is 42.7 Å². The van der Waals surface area contributed by atoms with Crippen molar-refractivity contribution in [1.82, 2.24) is 9.88 Å². The smallest absolute Gasteiger partial charge is 0.0976 e. The Hall–Kier alpha value is -2.42. The molecule has 2 aromatic rings. The van der Waals surface area contributed by atoms with Gasteiger partial charge < -0.3 is 9.64 Å². The molecule has 1 spiro atoms. The summed E-state index contributed by atoms with van der Waals surface area (Å²) in [6, 6.07) is 15.0. The molecule has 2 aliphatic heterocycles. The van der Waals surface area contributed by atoms with E-state index in [-0.39, 0.29) is 5.60 Å². The number of nitrogens with zero attached hydrogens (tertiary/aromatic N) is 4. The third-order valence-corrected chi connectivity index (χ3v) is 5.53. The Morgan fingerprint density at radius 3 is 2.73 bits per heavy atom. The molecular formula is C21H24N4O. The Balaban J connectivity index is 1.62. The Morgan fingerprint density at radius 2 is 1.96 bits per heavy atom. The number of hydrogen-bond acceptors (Lipinski definition) is 5. The quantitative estimate of drug-likeness (QED) is 0.798. The molecule has 0 bridgehead atoms. The van der Waals surface area contributed by atoms with E-state index < -0.39 is 0 Å². The van der Waals surface area contributed by atoms with Gasteiger partial charge >= 0.3 is 0 Å². The highest BCUT2D eigenvalue weighted by Gasteiger charge is 2.40.